The normalized spacial score (nSPS) is 13.0. The molecule has 1 aliphatic heterocycles. The van der Waals surface area contributed by atoms with Crippen molar-refractivity contribution in [2.24, 2.45) is 9.49 Å². The standard InChI is InChI=1S/C16H18NO2P.C15H16.C14H16NO2P/c1-3-9-15(10-4-1)18-20(14-8-7-13-17-20)19-16-11-5-2-6-12-16;1-12-3-7-14(8-4-12)11-15-9-5-13(2)6-10-15;1-15-18(2,16-13-9-5-3-6-10-13)17-14-11-7-4-8-12-14/h1-6,9-12H,7-8,13-14H2;3-10H,11H2,1-2H3;3-12H,1-2H3. The average Bonchev–Trinajstić information content (AvgIpc) is 3.19. The average molecular weight is 745 g/mol. The summed E-state index contributed by atoms with van der Waals surface area (Å²) >= 11 is 0. The van der Waals surface area contributed by atoms with Crippen molar-refractivity contribution in [1.29, 1.82) is 0 Å². The Hall–Kier alpha value is -5.02. The van der Waals surface area contributed by atoms with Gasteiger partial charge in [0.05, 0.1) is 6.16 Å². The van der Waals surface area contributed by atoms with E-state index in [2.05, 4.69) is 67.1 Å². The number of para-hydroxylation sites is 4. The Morgan fingerprint density at radius 1 is 0.528 bits per heavy atom. The fourth-order valence-electron chi connectivity index (χ4n) is 5.28. The van der Waals surface area contributed by atoms with Gasteiger partial charge in [-0.1, -0.05) is 132 Å². The van der Waals surface area contributed by atoms with Crippen molar-refractivity contribution in [2.75, 3.05) is 26.4 Å². The van der Waals surface area contributed by atoms with Crippen molar-refractivity contribution < 1.29 is 18.1 Å². The monoisotopic (exact) mass is 744 g/mol. The third kappa shape index (κ3) is 13.5. The molecule has 0 aromatic heterocycles. The van der Waals surface area contributed by atoms with E-state index in [4.69, 9.17) is 22.8 Å². The number of rotatable bonds is 10. The second-order valence-electron chi connectivity index (χ2n) is 12.7. The zero-order valence-corrected chi connectivity index (χ0v) is 32.9. The second-order valence-corrected chi connectivity index (χ2v) is 17.4. The lowest BCUT2D eigenvalue weighted by Crippen LogP contribution is -2.10. The van der Waals surface area contributed by atoms with Crippen molar-refractivity contribution in [3.05, 3.63) is 192 Å². The smallest absolute Gasteiger partial charge is 0.314 e. The van der Waals surface area contributed by atoms with Gasteiger partial charge in [0.15, 0.2) is 0 Å². The van der Waals surface area contributed by atoms with Crippen molar-refractivity contribution in [3.8, 4) is 23.0 Å². The number of nitrogens with zero attached hydrogens (tertiary/aromatic N) is 2. The first-order chi connectivity index (χ1) is 25.8. The topological polar surface area (TPSA) is 61.6 Å². The molecule has 0 fully saturated rings. The lowest BCUT2D eigenvalue weighted by atomic mass is 10.0. The van der Waals surface area contributed by atoms with Crippen LogP contribution in [0, 0.1) is 13.8 Å². The van der Waals surface area contributed by atoms with Crippen LogP contribution in [0.5, 0.6) is 23.0 Å². The van der Waals surface area contributed by atoms with Crippen molar-refractivity contribution in [2.45, 2.75) is 33.1 Å². The molecule has 7 rings (SSSR count). The molecular formula is C45H50N2O4P2. The van der Waals surface area contributed by atoms with Gasteiger partial charge in [0.1, 0.15) is 23.0 Å². The van der Waals surface area contributed by atoms with Crippen LogP contribution in [0.4, 0.5) is 0 Å². The van der Waals surface area contributed by atoms with E-state index >= 15 is 0 Å². The Balaban J connectivity index is 0.000000155. The zero-order chi connectivity index (χ0) is 37.2. The zero-order valence-electron chi connectivity index (χ0n) is 31.1. The number of hydrogen-bond donors (Lipinski definition) is 0. The van der Waals surface area contributed by atoms with Crippen LogP contribution in [-0.2, 0) is 6.42 Å². The van der Waals surface area contributed by atoms with Gasteiger partial charge in [0.2, 0.25) is 0 Å². The molecule has 0 radical (unpaired) electrons. The maximum Gasteiger partial charge on any atom is 0.314 e. The van der Waals surface area contributed by atoms with Crippen LogP contribution in [-0.4, -0.2) is 26.4 Å². The number of benzene rings is 6. The Bertz CT molecular complexity index is 1910. The summed E-state index contributed by atoms with van der Waals surface area (Å²) in [6.45, 7) is 6.96. The molecular weight excluding hydrogens is 694 g/mol. The lowest BCUT2D eigenvalue weighted by molar-refractivity contribution is 0.461. The van der Waals surface area contributed by atoms with Crippen molar-refractivity contribution in [3.63, 3.8) is 0 Å². The molecule has 0 atom stereocenters. The highest BCUT2D eigenvalue weighted by atomic mass is 31.2. The fourth-order valence-corrected chi connectivity index (χ4v) is 8.95. The van der Waals surface area contributed by atoms with E-state index in [-0.39, 0.29) is 0 Å². The third-order valence-corrected chi connectivity index (χ3v) is 12.5. The quantitative estimate of drug-likeness (QED) is 0.131. The van der Waals surface area contributed by atoms with Crippen LogP contribution in [0.1, 0.15) is 35.1 Å². The Morgan fingerprint density at radius 2 is 0.906 bits per heavy atom. The second kappa shape index (κ2) is 20.3. The van der Waals surface area contributed by atoms with E-state index < -0.39 is 15.0 Å². The Morgan fingerprint density at radius 3 is 1.25 bits per heavy atom. The van der Waals surface area contributed by atoms with Gasteiger partial charge in [0, 0.05) is 20.3 Å². The molecule has 53 heavy (non-hydrogen) atoms. The summed E-state index contributed by atoms with van der Waals surface area (Å²) in [5.41, 5.74) is 5.40. The van der Waals surface area contributed by atoms with E-state index in [1.807, 2.05) is 128 Å². The highest BCUT2D eigenvalue weighted by Crippen LogP contribution is 2.54. The third-order valence-electron chi connectivity index (χ3n) is 8.20. The summed E-state index contributed by atoms with van der Waals surface area (Å²) in [4.78, 5) is 0. The van der Waals surface area contributed by atoms with Gasteiger partial charge in [-0.3, -0.25) is 0 Å². The summed E-state index contributed by atoms with van der Waals surface area (Å²) < 4.78 is 33.1. The van der Waals surface area contributed by atoms with Gasteiger partial charge in [-0.25, -0.2) is 9.49 Å². The first kappa shape index (κ1) is 39.2. The molecule has 274 valence electrons. The van der Waals surface area contributed by atoms with Gasteiger partial charge in [-0.2, -0.15) is 0 Å². The molecule has 0 saturated carbocycles. The summed E-state index contributed by atoms with van der Waals surface area (Å²) in [5, 5.41) is 0. The largest absolute Gasteiger partial charge is 0.430 e. The predicted octanol–water partition coefficient (Wildman–Crippen LogP) is 13.3. The van der Waals surface area contributed by atoms with Crippen LogP contribution in [0.15, 0.2) is 179 Å². The lowest BCUT2D eigenvalue weighted by Gasteiger charge is -2.28. The van der Waals surface area contributed by atoms with E-state index in [9.17, 15) is 0 Å². The van der Waals surface area contributed by atoms with Gasteiger partial charge < -0.3 is 18.1 Å². The molecule has 6 aromatic rings. The van der Waals surface area contributed by atoms with Gasteiger partial charge in [0.25, 0.3) is 0 Å². The highest BCUT2D eigenvalue weighted by Gasteiger charge is 2.27. The van der Waals surface area contributed by atoms with Crippen LogP contribution in [0.25, 0.3) is 0 Å². The molecule has 1 aliphatic rings. The molecule has 6 nitrogen and oxygen atoms in total. The molecule has 0 unspecified atom stereocenters. The molecule has 6 aromatic carbocycles. The summed E-state index contributed by atoms with van der Waals surface area (Å²) in [6, 6.07) is 56.4. The molecule has 8 heteroatoms. The Kier molecular flexibility index (Phi) is 15.0. The molecule has 0 amide bonds. The SMILES string of the molecule is CN=P(C)(Oc1ccccc1)Oc1ccccc1.Cc1ccc(Cc2ccc(C)cc2)cc1.c1ccc(OP2(Oc3ccccc3)=NCCCC2)cc1. The maximum absolute atomic E-state index is 6.17. The maximum atomic E-state index is 6.17. The molecule has 1 heterocycles. The first-order valence-electron chi connectivity index (χ1n) is 18.0. The predicted molar refractivity (Wildman–Crippen MR) is 223 cm³/mol. The molecule has 0 saturated heterocycles. The summed E-state index contributed by atoms with van der Waals surface area (Å²) in [6.07, 6.45) is 4.15. The molecule has 0 spiro atoms. The molecule has 0 N–H and O–H groups in total. The van der Waals surface area contributed by atoms with E-state index in [0.717, 1.165) is 55.0 Å². The van der Waals surface area contributed by atoms with Crippen LogP contribution in [0.2, 0.25) is 0 Å². The van der Waals surface area contributed by atoms with Crippen LogP contribution >= 0.6 is 15.0 Å². The molecule has 0 aliphatic carbocycles. The fraction of sp³-hybridized carbons (Fsp3) is 0.200. The number of hydrogen-bond acceptors (Lipinski definition) is 6. The van der Waals surface area contributed by atoms with Crippen LogP contribution < -0.4 is 18.1 Å². The van der Waals surface area contributed by atoms with E-state index in [0.29, 0.717) is 0 Å². The van der Waals surface area contributed by atoms with Gasteiger partial charge in [-0.15, -0.1) is 0 Å². The van der Waals surface area contributed by atoms with Crippen molar-refractivity contribution in [1.82, 2.24) is 0 Å². The van der Waals surface area contributed by atoms with Gasteiger partial charge >= 0.3 is 15.0 Å². The minimum absolute atomic E-state index is 0.773. The molecule has 0 bridgehead atoms. The van der Waals surface area contributed by atoms with E-state index in [1.165, 1.54) is 22.3 Å². The summed E-state index contributed by atoms with van der Waals surface area (Å²) in [7, 11) is -2.76. The van der Waals surface area contributed by atoms with Gasteiger partial charge in [-0.05, 0) is 92.8 Å². The number of aryl methyl sites for hydroxylation is 2. The summed E-state index contributed by atoms with van der Waals surface area (Å²) in [5.74, 6) is 3.22. The van der Waals surface area contributed by atoms with E-state index in [1.54, 1.807) is 7.05 Å². The van der Waals surface area contributed by atoms with Crippen molar-refractivity contribution >= 4 is 15.0 Å². The minimum Gasteiger partial charge on any atom is -0.430 e. The highest BCUT2D eigenvalue weighted by molar-refractivity contribution is 7.57. The van der Waals surface area contributed by atoms with Crippen LogP contribution in [0.3, 0.4) is 0 Å². The first-order valence-corrected chi connectivity index (χ1v) is 21.8. The minimum atomic E-state index is -2.27. The Labute approximate surface area is 316 Å².